The lowest BCUT2D eigenvalue weighted by Crippen LogP contribution is -2.23. The third kappa shape index (κ3) is 3.19. The van der Waals surface area contributed by atoms with Crippen LogP contribution in [-0.2, 0) is 0 Å². The smallest absolute Gasteiger partial charge is 0.128 e. The first-order valence-electron chi connectivity index (χ1n) is 6.16. The molecule has 0 aliphatic carbocycles. The van der Waals surface area contributed by atoms with Crippen molar-refractivity contribution in [2.24, 2.45) is 0 Å². The third-order valence-electron chi connectivity index (χ3n) is 2.97. The van der Waals surface area contributed by atoms with E-state index in [4.69, 9.17) is 11.6 Å². The van der Waals surface area contributed by atoms with Gasteiger partial charge in [0.05, 0.1) is 11.1 Å². The molecule has 2 aromatic carbocycles. The number of benzene rings is 2. The quantitative estimate of drug-likeness (QED) is 0.802. The molecule has 0 saturated heterocycles. The van der Waals surface area contributed by atoms with Gasteiger partial charge in [-0.2, -0.15) is 0 Å². The van der Waals surface area contributed by atoms with Gasteiger partial charge >= 0.3 is 0 Å². The van der Waals surface area contributed by atoms with Crippen LogP contribution in [0.15, 0.2) is 40.9 Å². The fourth-order valence-electron chi connectivity index (χ4n) is 2.07. The Bertz CT molecular complexity index is 617. The molecule has 20 heavy (non-hydrogen) atoms. The first kappa shape index (κ1) is 15.4. The van der Waals surface area contributed by atoms with E-state index in [0.717, 1.165) is 16.6 Å². The van der Waals surface area contributed by atoms with E-state index in [1.165, 1.54) is 6.07 Å². The summed E-state index contributed by atoms with van der Waals surface area (Å²) in [5, 5.41) is 3.63. The molecule has 0 aliphatic heterocycles. The van der Waals surface area contributed by atoms with Crippen LogP contribution < -0.4 is 5.32 Å². The second-order valence-electron chi connectivity index (χ2n) is 4.30. The van der Waals surface area contributed by atoms with Crippen molar-refractivity contribution in [1.29, 1.82) is 0 Å². The maximum absolute atomic E-state index is 14.0. The van der Waals surface area contributed by atoms with Gasteiger partial charge in [-0.15, -0.1) is 0 Å². The fourth-order valence-corrected chi connectivity index (χ4v) is 2.69. The van der Waals surface area contributed by atoms with Gasteiger partial charge in [-0.25, -0.2) is 8.78 Å². The van der Waals surface area contributed by atoms with Crippen molar-refractivity contribution < 1.29 is 8.78 Å². The lowest BCUT2D eigenvalue weighted by atomic mass is 9.98. The summed E-state index contributed by atoms with van der Waals surface area (Å²) in [6.07, 6.45) is 0. The molecule has 1 N–H and O–H groups in total. The number of hydrogen-bond acceptors (Lipinski definition) is 1. The first-order chi connectivity index (χ1) is 9.54. The lowest BCUT2D eigenvalue weighted by molar-refractivity contribution is 0.545. The van der Waals surface area contributed by atoms with Gasteiger partial charge in [0.2, 0.25) is 0 Å². The van der Waals surface area contributed by atoms with Gasteiger partial charge in [-0.05, 0) is 52.3 Å². The molecule has 1 atom stereocenters. The SMILES string of the molecule is CCNC(c1cc(F)ccc1F)c1cccc(Br)c1Cl. The van der Waals surface area contributed by atoms with Gasteiger partial charge in [0.15, 0.2) is 0 Å². The maximum atomic E-state index is 14.0. The van der Waals surface area contributed by atoms with Crippen LogP contribution in [0.25, 0.3) is 0 Å². The van der Waals surface area contributed by atoms with Crippen molar-refractivity contribution in [3.8, 4) is 0 Å². The standard InChI is InChI=1S/C15H13BrClF2N/c1-2-20-15(10-4-3-5-12(16)14(10)17)11-8-9(18)6-7-13(11)19/h3-8,15,20H,2H2,1H3. The summed E-state index contributed by atoms with van der Waals surface area (Å²) in [5.41, 5.74) is 0.944. The van der Waals surface area contributed by atoms with E-state index in [0.29, 0.717) is 17.1 Å². The van der Waals surface area contributed by atoms with Crippen LogP contribution in [-0.4, -0.2) is 6.54 Å². The summed E-state index contributed by atoms with van der Waals surface area (Å²) in [6, 6.07) is 8.33. The molecular weight excluding hydrogens is 348 g/mol. The molecule has 0 aromatic heterocycles. The Labute approximate surface area is 130 Å². The van der Waals surface area contributed by atoms with E-state index in [9.17, 15) is 8.78 Å². The largest absolute Gasteiger partial charge is 0.306 e. The van der Waals surface area contributed by atoms with E-state index in [2.05, 4.69) is 21.2 Å². The Morgan fingerprint density at radius 3 is 2.65 bits per heavy atom. The van der Waals surface area contributed by atoms with E-state index < -0.39 is 17.7 Å². The van der Waals surface area contributed by atoms with E-state index in [-0.39, 0.29) is 5.56 Å². The van der Waals surface area contributed by atoms with Gasteiger partial charge in [0, 0.05) is 10.0 Å². The molecule has 5 heteroatoms. The molecule has 2 rings (SSSR count). The third-order valence-corrected chi connectivity index (χ3v) is 4.28. The predicted molar refractivity (Wildman–Crippen MR) is 81.0 cm³/mol. The average molecular weight is 361 g/mol. The molecular formula is C15H13BrClF2N. The van der Waals surface area contributed by atoms with Gasteiger partial charge < -0.3 is 5.32 Å². The van der Waals surface area contributed by atoms with Crippen molar-refractivity contribution in [3.63, 3.8) is 0 Å². The summed E-state index contributed by atoms with van der Waals surface area (Å²) in [4.78, 5) is 0. The first-order valence-corrected chi connectivity index (χ1v) is 7.34. The van der Waals surface area contributed by atoms with E-state index >= 15 is 0 Å². The zero-order valence-corrected chi connectivity index (χ0v) is 13.1. The molecule has 0 bridgehead atoms. The highest BCUT2D eigenvalue weighted by Gasteiger charge is 2.21. The zero-order chi connectivity index (χ0) is 14.7. The highest BCUT2D eigenvalue weighted by molar-refractivity contribution is 9.10. The number of nitrogens with one attached hydrogen (secondary N) is 1. The summed E-state index contributed by atoms with van der Waals surface area (Å²) in [5.74, 6) is -0.941. The molecule has 1 unspecified atom stereocenters. The lowest BCUT2D eigenvalue weighted by Gasteiger charge is -2.21. The highest BCUT2D eigenvalue weighted by Crippen LogP contribution is 2.34. The summed E-state index contributed by atoms with van der Waals surface area (Å²) >= 11 is 9.61. The molecule has 0 saturated carbocycles. The second-order valence-corrected chi connectivity index (χ2v) is 5.53. The van der Waals surface area contributed by atoms with Crippen LogP contribution >= 0.6 is 27.5 Å². The maximum Gasteiger partial charge on any atom is 0.128 e. The molecule has 0 aliphatic rings. The second kappa shape index (κ2) is 6.66. The minimum absolute atomic E-state index is 0.242. The van der Waals surface area contributed by atoms with Crippen LogP contribution in [0.1, 0.15) is 24.1 Å². The Morgan fingerprint density at radius 2 is 1.95 bits per heavy atom. The normalized spacial score (nSPS) is 12.4. The minimum Gasteiger partial charge on any atom is -0.306 e. The van der Waals surface area contributed by atoms with Crippen molar-refractivity contribution in [2.75, 3.05) is 6.54 Å². The highest BCUT2D eigenvalue weighted by atomic mass is 79.9. The topological polar surface area (TPSA) is 12.0 Å². The average Bonchev–Trinajstić information content (AvgIpc) is 2.43. The Balaban J connectivity index is 2.56. The van der Waals surface area contributed by atoms with Gasteiger partial charge in [-0.3, -0.25) is 0 Å². The van der Waals surface area contributed by atoms with Crippen LogP contribution in [0.3, 0.4) is 0 Å². The number of hydrogen-bond donors (Lipinski definition) is 1. The summed E-state index contributed by atoms with van der Waals surface area (Å²) in [7, 11) is 0. The van der Waals surface area contributed by atoms with Gasteiger partial charge in [0.25, 0.3) is 0 Å². The van der Waals surface area contributed by atoms with E-state index in [1.807, 2.05) is 13.0 Å². The number of rotatable bonds is 4. The van der Waals surface area contributed by atoms with Crippen LogP contribution in [0.4, 0.5) is 8.78 Å². The van der Waals surface area contributed by atoms with Crippen LogP contribution in [0.2, 0.25) is 5.02 Å². The minimum atomic E-state index is -0.499. The predicted octanol–water partition coefficient (Wildman–Crippen LogP) is 5.08. The molecule has 2 aromatic rings. The molecule has 0 radical (unpaired) electrons. The molecule has 0 heterocycles. The molecule has 0 spiro atoms. The van der Waals surface area contributed by atoms with Crippen molar-refractivity contribution in [3.05, 3.63) is 68.7 Å². The van der Waals surface area contributed by atoms with E-state index in [1.54, 1.807) is 12.1 Å². The van der Waals surface area contributed by atoms with Crippen molar-refractivity contribution >= 4 is 27.5 Å². The zero-order valence-electron chi connectivity index (χ0n) is 10.8. The number of halogens is 4. The Kier molecular flexibility index (Phi) is 5.13. The van der Waals surface area contributed by atoms with Crippen molar-refractivity contribution in [2.45, 2.75) is 13.0 Å². The monoisotopic (exact) mass is 359 g/mol. The van der Waals surface area contributed by atoms with Crippen LogP contribution in [0.5, 0.6) is 0 Å². The summed E-state index contributed by atoms with van der Waals surface area (Å²) < 4.78 is 28.1. The van der Waals surface area contributed by atoms with Crippen molar-refractivity contribution in [1.82, 2.24) is 5.32 Å². The molecule has 106 valence electrons. The molecule has 1 nitrogen and oxygen atoms in total. The Hall–Kier alpha value is -0.970. The van der Waals surface area contributed by atoms with Gasteiger partial charge in [0.1, 0.15) is 11.6 Å². The Morgan fingerprint density at radius 1 is 1.20 bits per heavy atom. The fraction of sp³-hybridized carbons (Fsp3) is 0.200. The van der Waals surface area contributed by atoms with Gasteiger partial charge in [-0.1, -0.05) is 30.7 Å². The molecule has 0 amide bonds. The summed E-state index contributed by atoms with van der Waals surface area (Å²) in [6.45, 7) is 2.50. The van der Waals surface area contributed by atoms with Crippen LogP contribution in [0, 0.1) is 11.6 Å². The molecule has 0 fully saturated rings.